The molecule has 0 heterocycles. The predicted molar refractivity (Wildman–Crippen MR) is 119 cm³/mol. The zero-order valence-corrected chi connectivity index (χ0v) is 17.5. The van der Waals surface area contributed by atoms with Crippen molar-refractivity contribution in [3.63, 3.8) is 0 Å². The van der Waals surface area contributed by atoms with Crippen molar-refractivity contribution in [2.75, 3.05) is 13.7 Å². The number of carbonyl (C=O) groups is 1. The zero-order chi connectivity index (χ0) is 21.8. The average molecular weight is 408 g/mol. The molecule has 5 heteroatoms. The first-order chi connectivity index (χ1) is 14.7. The highest BCUT2D eigenvalue weighted by Crippen LogP contribution is 2.24. The molecule has 30 heavy (non-hydrogen) atoms. The van der Waals surface area contributed by atoms with Crippen molar-refractivity contribution in [2.45, 2.75) is 26.5 Å². The van der Waals surface area contributed by atoms with Crippen molar-refractivity contribution in [3.05, 3.63) is 89.5 Å². The van der Waals surface area contributed by atoms with Gasteiger partial charge in [-0.3, -0.25) is 4.79 Å². The molecule has 0 saturated heterocycles. The Morgan fingerprint density at radius 1 is 0.900 bits per heavy atom. The van der Waals surface area contributed by atoms with Crippen LogP contribution in [0.5, 0.6) is 5.75 Å². The number of carbonyl (C=O) groups excluding carboxylic acids is 1. The molecule has 0 unspecified atom stereocenters. The molecule has 0 spiro atoms. The van der Waals surface area contributed by atoms with Gasteiger partial charge >= 0.3 is 5.97 Å². The lowest BCUT2D eigenvalue weighted by atomic mass is 10.0. The van der Waals surface area contributed by atoms with Crippen molar-refractivity contribution in [1.82, 2.24) is 0 Å². The Labute approximate surface area is 178 Å². The molecule has 0 saturated carbocycles. The second-order valence-electron chi connectivity index (χ2n) is 6.48. The molecule has 0 aromatic heterocycles. The summed E-state index contributed by atoms with van der Waals surface area (Å²) in [5.74, 6) is 0.450. The fraction of sp³-hybridized carbons (Fsp3) is 0.240. The lowest BCUT2D eigenvalue weighted by Crippen LogP contribution is -2.09. The van der Waals surface area contributed by atoms with Gasteiger partial charge in [-0.2, -0.15) is 0 Å². The third-order valence-corrected chi connectivity index (χ3v) is 4.43. The minimum absolute atomic E-state index is 0.204. The van der Waals surface area contributed by atoms with E-state index in [4.69, 9.17) is 20.3 Å². The molecule has 3 N–H and O–H groups in total. The van der Waals surface area contributed by atoms with Crippen LogP contribution < -0.4 is 10.5 Å². The molecule has 3 aromatic carbocycles. The number of ether oxygens (including phenoxy) is 2. The van der Waals surface area contributed by atoms with Gasteiger partial charge in [0.25, 0.3) is 0 Å². The Morgan fingerprint density at radius 3 is 2.20 bits per heavy atom. The Balaban J connectivity index is 0.00000155. The summed E-state index contributed by atoms with van der Waals surface area (Å²) in [5, 5.41) is 7.00. The fourth-order valence-corrected chi connectivity index (χ4v) is 3.04. The van der Waals surface area contributed by atoms with Crippen LogP contribution in [0.3, 0.4) is 0 Å². The quantitative estimate of drug-likeness (QED) is 0.549. The van der Waals surface area contributed by atoms with Crippen LogP contribution in [0.1, 0.15) is 23.6 Å². The average Bonchev–Trinajstić information content (AvgIpc) is 2.80. The predicted octanol–water partition coefficient (Wildman–Crippen LogP) is 4.11. The Hall–Kier alpha value is -3.15. The first-order valence-corrected chi connectivity index (χ1v) is 9.89. The number of aliphatic hydroxyl groups excluding tert-OH is 1. The van der Waals surface area contributed by atoms with Crippen LogP contribution in [-0.4, -0.2) is 24.8 Å². The summed E-state index contributed by atoms with van der Waals surface area (Å²) in [6, 6.07) is 24.0. The molecule has 3 aromatic rings. The van der Waals surface area contributed by atoms with Crippen molar-refractivity contribution < 1.29 is 19.4 Å². The summed E-state index contributed by atoms with van der Waals surface area (Å²) in [6.07, 6.45) is 0.204. The molecule has 0 fully saturated rings. The van der Waals surface area contributed by atoms with Crippen molar-refractivity contribution in [1.29, 1.82) is 0 Å². The number of para-hydroxylation sites is 1. The van der Waals surface area contributed by atoms with Crippen molar-refractivity contribution >= 4 is 5.97 Å². The zero-order valence-electron chi connectivity index (χ0n) is 17.5. The highest BCUT2D eigenvalue weighted by Gasteiger charge is 2.10. The number of esters is 1. The normalized spacial score (nSPS) is 10.0. The summed E-state index contributed by atoms with van der Waals surface area (Å²) in [7, 11) is 1.00. The fourth-order valence-electron chi connectivity index (χ4n) is 3.04. The molecule has 0 radical (unpaired) electrons. The topological polar surface area (TPSA) is 81.8 Å². The SMILES string of the molecule is CCOC(=O)Cc1ccccc1OCc1cccc(-c2cccc(CN)c2)c1.CO. The van der Waals surface area contributed by atoms with Crippen LogP contribution >= 0.6 is 0 Å². The van der Waals surface area contributed by atoms with E-state index in [9.17, 15) is 4.79 Å². The van der Waals surface area contributed by atoms with Crippen LogP contribution in [0, 0.1) is 0 Å². The number of benzene rings is 3. The highest BCUT2D eigenvalue weighted by atomic mass is 16.5. The highest BCUT2D eigenvalue weighted by molar-refractivity contribution is 5.73. The molecule has 0 aliphatic heterocycles. The number of hydrogen-bond acceptors (Lipinski definition) is 5. The molecule has 0 bridgehead atoms. The molecule has 0 amide bonds. The van der Waals surface area contributed by atoms with Crippen molar-refractivity contribution in [2.24, 2.45) is 5.73 Å². The van der Waals surface area contributed by atoms with E-state index in [1.807, 2.05) is 48.5 Å². The van der Waals surface area contributed by atoms with Gasteiger partial charge in [-0.25, -0.2) is 0 Å². The van der Waals surface area contributed by atoms with Crippen molar-refractivity contribution in [3.8, 4) is 16.9 Å². The van der Waals surface area contributed by atoms with Crippen LogP contribution in [0.2, 0.25) is 0 Å². The minimum Gasteiger partial charge on any atom is -0.489 e. The van der Waals surface area contributed by atoms with E-state index >= 15 is 0 Å². The number of nitrogens with two attached hydrogens (primary N) is 1. The van der Waals surface area contributed by atoms with Gasteiger partial charge in [-0.15, -0.1) is 0 Å². The van der Waals surface area contributed by atoms with Crippen LogP contribution in [-0.2, 0) is 29.1 Å². The third kappa shape index (κ3) is 6.72. The minimum atomic E-state index is -0.250. The second kappa shape index (κ2) is 12.4. The smallest absolute Gasteiger partial charge is 0.310 e. The van der Waals surface area contributed by atoms with Gasteiger partial charge in [0, 0.05) is 19.2 Å². The second-order valence-corrected chi connectivity index (χ2v) is 6.48. The van der Waals surface area contributed by atoms with Crippen LogP contribution in [0.25, 0.3) is 11.1 Å². The molecule has 0 aliphatic carbocycles. The van der Waals surface area contributed by atoms with Gasteiger partial charge in [0.05, 0.1) is 13.0 Å². The lowest BCUT2D eigenvalue weighted by molar-refractivity contribution is -0.142. The Bertz CT molecular complexity index is 940. The molecule has 5 nitrogen and oxygen atoms in total. The third-order valence-electron chi connectivity index (χ3n) is 4.43. The summed E-state index contributed by atoms with van der Waals surface area (Å²) in [4.78, 5) is 11.8. The van der Waals surface area contributed by atoms with Gasteiger partial charge in [0.1, 0.15) is 12.4 Å². The van der Waals surface area contributed by atoms with Crippen LogP contribution in [0.4, 0.5) is 0 Å². The van der Waals surface area contributed by atoms with E-state index < -0.39 is 0 Å². The van der Waals surface area contributed by atoms with Gasteiger partial charge in [0.15, 0.2) is 0 Å². The largest absolute Gasteiger partial charge is 0.489 e. The first kappa shape index (κ1) is 23.1. The summed E-state index contributed by atoms with van der Waals surface area (Å²) in [6.45, 7) is 3.12. The maximum atomic E-state index is 11.8. The molecular formula is C25H29NO4. The molecule has 0 aliphatic rings. The maximum absolute atomic E-state index is 11.8. The van der Waals surface area contributed by atoms with Gasteiger partial charge in [-0.05, 0) is 47.4 Å². The molecule has 3 rings (SSSR count). The number of rotatable bonds is 8. The lowest BCUT2D eigenvalue weighted by Gasteiger charge is -2.12. The van der Waals surface area contributed by atoms with Gasteiger partial charge in [0.2, 0.25) is 0 Å². The number of hydrogen-bond donors (Lipinski definition) is 2. The van der Waals surface area contributed by atoms with E-state index in [0.717, 1.165) is 34.9 Å². The van der Waals surface area contributed by atoms with E-state index in [0.29, 0.717) is 25.5 Å². The Kier molecular flexibility index (Phi) is 9.58. The number of aliphatic hydroxyl groups is 1. The standard InChI is InChI=1S/C24H25NO3.CH4O/c1-2-27-24(26)15-22-9-3-4-12-23(22)28-17-19-8-6-11-21(14-19)20-10-5-7-18(13-20)16-25;1-2/h3-14H,2,15-17,25H2,1H3;2H,1H3. The monoisotopic (exact) mass is 407 g/mol. The van der Waals surface area contributed by atoms with Gasteiger partial charge < -0.3 is 20.3 Å². The first-order valence-electron chi connectivity index (χ1n) is 9.89. The van der Waals surface area contributed by atoms with Gasteiger partial charge in [-0.1, -0.05) is 54.6 Å². The van der Waals surface area contributed by atoms with E-state index in [1.165, 1.54) is 0 Å². The summed E-state index contributed by atoms with van der Waals surface area (Å²) in [5.41, 5.74) is 11.0. The molecule has 0 atom stereocenters. The van der Waals surface area contributed by atoms with E-state index in [2.05, 4.69) is 24.3 Å². The molecule has 158 valence electrons. The van der Waals surface area contributed by atoms with E-state index in [-0.39, 0.29) is 12.4 Å². The maximum Gasteiger partial charge on any atom is 0.310 e. The molecular weight excluding hydrogens is 378 g/mol. The summed E-state index contributed by atoms with van der Waals surface area (Å²) >= 11 is 0. The summed E-state index contributed by atoms with van der Waals surface area (Å²) < 4.78 is 11.1. The Morgan fingerprint density at radius 2 is 1.53 bits per heavy atom. The van der Waals surface area contributed by atoms with E-state index in [1.54, 1.807) is 6.92 Å². The van der Waals surface area contributed by atoms with Crippen LogP contribution in [0.15, 0.2) is 72.8 Å².